The van der Waals surface area contributed by atoms with E-state index < -0.39 is 10.0 Å². The molecule has 0 radical (unpaired) electrons. The molecular weight excluding hydrogens is 288 g/mol. The second-order valence-corrected chi connectivity index (χ2v) is 7.54. The smallest absolute Gasteiger partial charge is 0.251 e. The van der Waals surface area contributed by atoms with Crippen molar-refractivity contribution in [2.24, 2.45) is 11.1 Å². The molecule has 0 saturated heterocycles. The van der Waals surface area contributed by atoms with Gasteiger partial charge >= 0.3 is 0 Å². The Kier molecular flexibility index (Phi) is 4.39. The number of rotatable bonds is 5. The first-order chi connectivity index (χ1) is 9.68. The van der Waals surface area contributed by atoms with Gasteiger partial charge in [-0.2, -0.15) is 0 Å². The van der Waals surface area contributed by atoms with Gasteiger partial charge in [0.2, 0.25) is 10.0 Å². The van der Waals surface area contributed by atoms with Crippen LogP contribution < -0.4 is 10.5 Å². The second kappa shape index (κ2) is 5.77. The predicted molar refractivity (Wildman–Crippen MR) is 81.6 cm³/mol. The first-order valence-electron chi connectivity index (χ1n) is 7.13. The van der Waals surface area contributed by atoms with Gasteiger partial charge in [0.05, 0.1) is 4.90 Å². The van der Waals surface area contributed by atoms with Crippen LogP contribution in [-0.4, -0.2) is 20.4 Å². The lowest BCUT2D eigenvalue weighted by Crippen LogP contribution is -2.33. The summed E-state index contributed by atoms with van der Waals surface area (Å²) in [6, 6.07) is 3.14. The average Bonchev–Trinajstić information content (AvgIpc) is 3.14. The van der Waals surface area contributed by atoms with Crippen LogP contribution in [0.2, 0.25) is 0 Å². The molecule has 2 rings (SSSR count). The van der Waals surface area contributed by atoms with Crippen LogP contribution >= 0.6 is 0 Å². The lowest BCUT2D eigenvalue weighted by Gasteiger charge is -2.15. The lowest BCUT2D eigenvalue weighted by molar-refractivity contribution is 0.0937. The number of benzene rings is 1. The fraction of sp³-hybridized carbons (Fsp3) is 0.533. The third kappa shape index (κ3) is 4.04. The van der Waals surface area contributed by atoms with Gasteiger partial charge in [-0.05, 0) is 56.4 Å². The molecule has 6 heteroatoms. The Morgan fingerprint density at radius 3 is 2.52 bits per heavy atom. The SMILES string of the molecule is Cc1cc(C(=O)NC(C)CC2CC2)cc(S(N)(=O)=O)c1C. The second-order valence-electron chi connectivity index (χ2n) is 6.01. The minimum atomic E-state index is -3.83. The Bertz CT molecular complexity index is 664. The van der Waals surface area contributed by atoms with E-state index in [0.717, 1.165) is 17.9 Å². The van der Waals surface area contributed by atoms with Crippen molar-refractivity contribution in [2.45, 2.75) is 51.0 Å². The zero-order valence-electron chi connectivity index (χ0n) is 12.6. The van der Waals surface area contributed by atoms with Gasteiger partial charge in [-0.15, -0.1) is 0 Å². The van der Waals surface area contributed by atoms with Gasteiger partial charge < -0.3 is 5.32 Å². The highest BCUT2D eigenvalue weighted by Crippen LogP contribution is 2.33. The molecule has 1 aliphatic carbocycles. The van der Waals surface area contributed by atoms with Crippen molar-refractivity contribution in [3.8, 4) is 0 Å². The topological polar surface area (TPSA) is 89.3 Å². The summed E-state index contributed by atoms with van der Waals surface area (Å²) in [6.45, 7) is 5.43. The molecule has 21 heavy (non-hydrogen) atoms. The van der Waals surface area contributed by atoms with Gasteiger partial charge in [-0.25, -0.2) is 13.6 Å². The first kappa shape index (κ1) is 16.0. The maximum atomic E-state index is 12.3. The third-order valence-corrected chi connectivity index (χ3v) is 4.99. The van der Waals surface area contributed by atoms with Crippen molar-refractivity contribution in [1.29, 1.82) is 0 Å². The summed E-state index contributed by atoms with van der Waals surface area (Å²) in [5, 5.41) is 8.13. The number of hydrogen-bond donors (Lipinski definition) is 2. The van der Waals surface area contributed by atoms with Crippen LogP contribution in [0, 0.1) is 19.8 Å². The summed E-state index contributed by atoms with van der Waals surface area (Å²) < 4.78 is 23.2. The van der Waals surface area contributed by atoms with Crippen LogP contribution in [0.3, 0.4) is 0 Å². The van der Waals surface area contributed by atoms with Gasteiger partial charge in [-0.3, -0.25) is 4.79 Å². The van der Waals surface area contributed by atoms with Gasteiger partial charge in [0.25, 0.3) is 5.91 Å². The number of nitrogens with two attached hydrogens (primary N) is 1. The minimum Gasteiger partial charge on any atom is -0.350 e. The summed E-state index contributed by atoms with van der Waals surface area (Å²) in [7, 11) is -3.83. The van der Waals surface area contributed by atoms with E-state index in [-0.39, 0.29) is 16.8 Å². The fourth-order valence-corrected chi connectivity index (χ4v) is 3.35. The van der Waals surface area contributed by atoms with Crippen LogP contribution in [-0.2, 0) is 10.0 Å². The summed E-state index contributed by atoms with van der Waals surface area (Å²) in [4.78, 5) is 12.3. The zero-order valence-corrected chi connectivity index (χ0v) is 13.5. The molecule has 1 fully saturated rings. The van der Waals surface area contributed by atoms with E-state index in [2.05, 4.69) is 5.32 Å². The van der Waals surface area contributed by atoms with E-state index in [4.69, 9.17) is 5.14 Å². The molecule has 3 N–H and O–H groups in total. The van der Waals surface area contributed by atoms with E-state index in [0.29, 0.717) is 11.1 Å². The summed E-state index contributed by atoms with van der Waals surface area (Å²) in [5.41, 5.74) is 1.66. The van der Waals surface area contributed by atoms with Crippen molar-refractivity contribution in [3.05, 3.63) is 28.8 Å². The van der Waals surface area contributed by atoms with E-state index in [1.807, 2.05) is 6.92 Å². The van der Waals surface area contributed by atoms with Gasteiger partial charge in [-0.1, -0.05) is 12.8 Å². The highest BCUT2D eigenvalue weighted by atomic mass is 32.2. The Balaban J connectivity index is 2.22. The number of nitrogens with one attached hydrogen (secondary N) is 1. The molecule has 1 unspecified atom stereocenters. The molecule has 0 bridgehead atoms. The normalized spacial score (nSPS) is 16.6. The van der Waals surface area contributed by atoms with Crippen LogP contribution in [0.15, 0.2) is 17.0 Å². The van der Waals surface area contributed by atoms with Crippen molar-refractivity contribution in [2.75, 3.05) is 0 Å². The number of amides is 1. The van der Waals surface area contributed by atoms with E-state index in [1.165, 1.54) is 18.9 Å². The molecule has 0 spiro atoms. The number of sulfonamides is 1. The molecule has 0 aliphatic heterocycles. The standard InChI is InChI=1S/C15H22N2O3S/c1-9-6-13(8-14(11(9)3)21(16,19)20)15(18)17-10(2)7-12-4-5-12/h6,8,10,12H,4-5,7H2,1-3H3,(H,17,18)(H2,16,19,20). The van der Waals surface area contributed by atoms with E-state index in [9.17, 15) is 13.2 Å². The van der Waals surface area contributed by atoms with Crippen LogP contribution in [0.25, 0.3) is 0 Å². The molecule has 0 aromatic heterocycles. The summed E-state index contributed by atoms with van der Waals surface area (Å²) in [6.07, 6.45) is 3.44. The molecule has 116 valence electrons. The average molecular weight is 310 g/mol. The lowest BCUT2D eigenvalue weighted by atomic mass is 10.0. The number of carbonyl (C=O) groups is 1. The first-order valence-corrected chi connectivity index (χ1v) is 8.68. The van der Waals surface area contributed by atoms with Crippen molar-refractivity contribution in [3.63, 3.8) is 0 Å². The predicted octanol–water partition coefficient (Wildman–Crippen LogP) is 1.87. The maximum Gasteiger partial charge on any atom is 0.251 e. The fourth-order valence-electron chi connectivity index (χ4n) is 2.47. The highest BCUT2D eigenvalue weighted by Gasteiger charge is 2.25. The Morgan fingerprint density at radius 2 is 2.00 bits per heavy atom. The zero-order chi connectivity index (χ0) is 15.8. The Hall–Kier alpha value is -1.40. The molecule has 0 heterocycles. The highest BCUT2D eigenvalue weighted by molar-refractivity contribution is 7.89. The molecular formula is C15H22N2O3S. The van der Waals surface area contributed by atoms with Crippen molar-refractivity contribution in [1.82, 2.24) is 5.32 Å². The number of aryl methyl sites for hydroxylation is 1. The molecule has 1 amide bonds. The van der Waals surface area contributed by atoms with Crippen LogP contribution in [0.5, 0.6) is 0 Å². The number of primary sulfonamides is 1. The van der Waals surface area contributed by atoms with Gasteiger partial charge in [0.15, 0.2) is 0 Å². The quantitative estimate of drug-likeness (QED) is 0.870. The number of carbonyl (C=O) groups excluding carboxylic acids is 1. The molecule has 1 saturated carbocycles. The summed E-state index contributed by atoms with van der Waals surface area (Å²) >= 11 is 0. The summed E-state index contributed by atoms with van der Waals surface area (Å²) in [5.74, 6) is 0.469. The Labute approximate surface area is 126 Å². The minimum absolute atomic E-state index is 0.0162. The van der Waals surface area contributed by atoms with E-state index in [1.54, 1.807) is 19.9 Å². The third-order valence-electron chi connectivity index (χ3n) is 3.95. The van der Waals surface area contributed by atoms with Gasteiger partial charge in [0.1, 0.15) is 0 Å². The molecule has 1 aromatic carbocycles. The van der Waals surface area contributed by atoms with Crippen molar-refractivity contribution < 1.29 is 13.2 Å². The monoisotopic (exact) mass is 310 g/mol. The Morgan fingerprint density at radius 1 is 1.38 bits per heavy atom. The van der Waals surface area contributed by atoms with Crippen LogP contribution in [0.1, 0.15) is 47.7 Å². The van der Waals surface area contributed by atoms with E-state index >= 15 is 0 Å². The van der Waals surface area contributed by atoms with Gasteiger partial charge in [0, 0.05) is 11.6 Å². The molecule has 1 atom stereocenters. The van der Waals surface area contributed by atoms with Crippen LogP contribution in [0.4, 0.5) is 0 Å². The molecule has 1 aliphatic rings. The largest absolute Gasteiger partial charge is 0.350 e. The molecule has 1 aromatic rings. The molecule has 5 nitrogen and oxygen atoms in total. The maximum absolute atomic E-state index is 12.3. The van der Waals surface area contributed by atoms with Crippen molar-refractivity contribution >= 4 is 15.9 Å². The number of hydrogen-bond acceptors (Lipinski definition) is 3.